The summed E-state index contributed by atoms with van der Waals surface area (Å²) in [5.74, 6) is 1.07. The highest BCUT2D eigenvalue weighted by Gasteiger charge is 2.57. The fraction of sp³-hybridized carbons (Fsp3) is 0.792. The fourth-order valence-electron chi connectivity index (χ4n) is 4.98. The van der Waals surface area contributed by atoms with Crippen LogP contribution in [0, 0.1) is 41.4 Å². The van der Waals surface area contributed by atoms with E-state index in [9.17, 15) is 15.0 Å². The SMILES string of the molecule is C#C[C@H]1C(COCOC)=C[C@H]2[C@H](O)[C@@H](CO)CC[C@@H]2[C@@]1(C)C(=O)OCOCC[Si](C)(C)C. The summed E-state index contributed by atoms with van der Waals surface area (Å²) in [6.07, 6.45) is 8.39. The summed E-state index contributed by atoms with van der Waals surface area (Å²) < 4.78 is 21.7. The minimum atomic E-state index is -1.24. The third-order valence-electron chi connectivity index (χ3n) is 6.92. The number of methoxy groups -OCH3 is 1. The van der Waals surface area contributed by atoms with Gasteiger partial charge in [0.2, 0.25) is 0 Å². The Balaban J connectivity index is 2.24. The number of aliphatic hydroxyl groups excluding tert-OH is 2. The van der Waals surface area contributed by atoms with Crippen molar-refractivity contribution in [1.82, 2.24) is 0 Å². The van der Waals surface area contributed by atoms with E-state index in [2.05, 4.69) is 25.6 Å². The highest BCUT2D eigenvalue weighted by atomic mass is 28.3. The van der Waals surface area contributed by atoms with Gasteiger partial charge in [-0.05, 0) is 37.3 Å². The Labute approximate surface area is 193 Å². The summed E-state index contributed by atoms with van der Waals surface area (Å²) in [4.78, 5) is 13.4. The number of hydrogen-bond acceptors (Lipinski definition) is 7. The Hall–Kier alpha value is -1.21. The van der Waals surface area contributed by atoms with E-state index in [1.807, 2.05) is 13.0 Å². The van der Waals surface area contributed by atoms with Gasteiger partial charge in [-0.2, -0.15) is 0 Å². The van der Waals surface area contributed by atoms with E-state index in [0.29, 0.717) is 19.4 Å². The van der Waals surface area contributed by atoms with Crippen LogP contribution in [0.1, 0.15) is 19.8 Å². The molecule has 2 aliphatic carbocycles. The van der Waals surface area contributed by atoms with Gasteiger partial charge in [0.1, 0.15) is 6.79 Å². The van der Waals surface area contributed by atoms with Crippen molar-refractivity contribution in [2.24, 2.45) is 29.1 Å². The summed E-state index contributed by atoms with van der Waals surface area (Å²) in [7, 11) is 0.296. The maximum Gasteiger partial charge on any atom is 0.315 e. The van der Waals surface area contributed by atoms with Crippen molar-refractivity contribution in [3.05, 3.63) is 11.6 Å². The molecule has 1 fully saturated rings. The van der Waals surface area contributed by atoms with Gasteiger partial charge in [0, 0.05) is 40.2 Å². The normalized spacial score (nSPS) is 32.6. The quantitative estimate of drug-likeness (QED) is 0.120. The van der Waals surface area contributed by atoms with Crippen LogP contribution in [0.2, 0.25) is 25.7 Å². The molecule has 0 saturated heterocycles. The molecule has 0 aromatic heterocycles. The predicted molar refractivity (Wildman–Crippen MR) is 124 cm³/mol. The molecule has 0 aromatic carbocycles. The van der Waals surface area contributed by atoms with Crippen LogP contribution in [0.25, 0.3) is 0 Å². The number of ether oxygens (including phenoxy) is 4. The first kappa shape index (κ1) is 27.0. The van der Waals surface area contributed by atoms with Crippen molar-refractivity contribution >= 4 is 14.0 Å². The molecule has 0 spiro atoms. The monoisotopic (exact) mass is 468 g/mol. The Morgan fingerprint density at radius 1 is 1.28 bits per heavy atom. The summed E-state index contributed by atoms with van der Waals surface area (Å²) >= 11 is 0. The topological polar surface area (TPSA) is 94.5 Å². The molecule has 2 rings (SSSR count). The van der Waals surface area contributed by atoms with Gasteiger partial charge < -0.3 is 29.2 Å². The standard InChI is InChI=1S/C24H40O7Si/c1-7-20-18(14-30-15-28-3)12-19-21(9-8-17(13-25)22(19)26)24(20,2)23(27)31-16-29-10-11-32(4,5)6/h1,12,17,19-22,25-26H,8-11,13-16H2,2-6H3/t17-,19-,20+,21+,22-,24+/m1/s1. The van der Waals surface area contributed by atoms with Crippen LogP contribution in [0.3, 0.4) is 0 Å². The van der Waals surface area contributed by atoms with E-state index in [1.54, 1.807) is 0 Å². The van der Waals surface area contributed by atoms with Gasteiger partial charge in [0.15, 0.2) is 6.79 Å². The van der Waals surface area contributed by atoms with Crippen LogP contribution in [0.15, 0.2) is 11.6 Å². The number of aliphatic hydroxyl groups is 2. The van der Waals surface area contributed by atoms with Gasteiger partial charge >= 0.3 is 5.97 Å². The first-order valence-electron chi connectivity index (χ1n) is 11.4. The maximum atomic E-state index is 13.4. The first-order valence-corrected chi connectivity index (χ1v) is 15.1. The molecule has 2 N–H and O–H groups in total. The zero-order valence-electron chi connectivity index (χ0n) is 20.1. The smallest absolute Gasteiger partial charge is 0.315 e. The van der Waals surface area contributed by atoms with Gasteiger partial charge in [0.05, 0.1) is 24.0 Å². The molecule has 0 radical (unpaired) electrons. The lowest BCUT2D eigenvalue weighted by Crippen LogP contribution is -2.55. The highest BCUT2D eigenvalue weighted by molar-refractivity contribution is 6.76. The third kappa shape index (κ3) is 6.22. The molecule has 182 valence electrons. The van der Waals surface area contributed by atoms with E-state index in [4.69, 9.17) is 25.4 Å². The van der Waals surface area contributed by atoms with Crippen molar-refractivity contribution in [3.8, 4) is 12.3 Å². The van der Waals surface area contributed by atoms with Crippen molar-refractivity contribution in [2.45, 2.75) is 51.6 Å². The molecule has 2 aliphatic rings. The van der Waals surface area contributed by atoms with Crippen molar-refractivity contribution < 1.29 is 34.0 Å². The van der Waals surface area contributed by atoms with Crippen molar-refractivity contribution in [3.63, 3.8) is 0 Å². The Morgan fingerprint density at radius 2 is 2.00 bits per heavy atom. The Morgan fingerprint density at radius 3 is 2.59 bits per heavy atom. The zero-order valence-corrected chi connectivity index (χ0v) is 21.1. The number of hydrogen-bond donors (Lipinski definition) is 2. The second-order valence-corrected chi connectivity index (χ2v) is 16.0. The van der Waals surface area contributed by atoms with Crippen LogP contribution in [-0.2, 0) is 23.7 Å². The van der Waals surface area contributed by atoms with Gasteiger partial charge in [-0.25, -0.2) is 0 Å². The van der Waals surface area contributed by atoms with Gasteiger partial charge in [-0.1, -0.05) is 31.6 Å². The van der Waals surface area contributed by atoms with Crippen LogP contribution in [-0.4, -0.2) is 70.9 Å². The lowest BCUT2D eigenvalue weighted by molar-refractivity contribution is -0.179. The number of terminal acetylenes is 1. The second-order valence-electron chi connectivity index (χ2n) is 10.3. The molecule has 1 saturated carbocycles. The molecule has 7 nitrogen and oxygen atoms in total. The van der Waals surface area contributed by atoms with Crippen LogP contribution >= 0.6 is 0 Å². The van der Waals surface area contributed by atoms with Crippen molar-refractivity contribution in [1.29, 1.82) is 0 Å². The average Bonchev–Trinajstić information content (AvgIpc) is 2.73. The minimum Gasteiger partial charge on any atom is -0.438 e. The molecule has 0 amide bonds. The second kappa shape index (κ2) is 11.8. The largest absolute Gasteiger partial charge is 0.438 e. The zero-order chi connectivity index (χ0) is 23.9. The van der Waals surface area contributed by atoms with E-state index in [0.717, 1.165) is 11.6 Å². The summed E-state index contributed by atoms with van der Waals surface area (Å²) in [6.45, 7) is 9.23. The number of esters is 1. The molecular formula is C24H40O7Si. The summed E-state index contributed by atoms with van der Waals surface area (Å²) in [5, 5.41) is 20.6. The maximum absolute atomic E-state index is 13.4. The lowest BCUT2D eigenvalue weighted by Gasteiger charge is -2.51. The van der Waals surface area contributed by atoms with Gasteiger partial charge in [0.25, 0.3) is 0 Å². The molecule has 0 heterocycles. The first-order chi connectivity index (χ1) is 15.1. The number of fused-ring (bicyclic) bond motifs is 1. The van der Waals surface area contributed by atoms with Crippen LogP contribution in [0.4, 0.5) is 0 Å². The Bertz CT molecular complexity index is 695. The van der Waals surface area contributed by atoms with E-state index in [1.165, 1.54) is 7.11 Å². The fourth-order valence-corrected chi connectivity index (χ4v) is 5.73. The molecular weight excluding hydrogens is 428 g/mol. The molecule has 0 aromatic rings. The molecule has 0 bridgehead atoms. The summed E-state index contributed by atoms with van der Waals surface area (Å²) in [6, 6.07) is 0.984. The molecule has 0 unspecified atom stereocenters. The highest BCUT2D eigenvalue weighted by Crippen LogP contribution is 2.54. The summed E-state index contributed by atoms with van der Waals surface area (Å²) in [5.41, 5.74) is -0.286. The van der Waals surface area contributed by atoms with Gasteiger partial charge in [-0.15, -0.1) is 6.42 Å². The average molecular weight is 469 g/mol. The molecule has 32 heavy (non-hydrogen) atoms. The van der Waals surface area contributed by atoms with Gasteiger partial charge in [-0.3, -0.25) is 4.79 Å². The number of carbonyl (C=O) groups is 1. The van der Waals surface area contributed by atoms with Crippen molar-refractivity contribution in [2.75, 3.05) is 40.5 Å². The minimum absolute atomic E-state index is 0.0939. The van der Waals surface area contributed by atoms with Crippen LogP contribution in [0.5, 0.6) is 0 Å². The van der Waals surface area contributed by atoms with E-state index in [-0.39, 0.29) is 44.6 Å². The Kier molecular flexibility index (Phi) is 9.95. The van der Waals surface area contributed by atoms with Crippen LogP contribution < -0.4 is 0 Å². The predicted octanol–water partition coefficient (Wildman–Crippen LogP) is 2.65. The van der Waals surface area contributed by atoms with E-state index >= 15 is 0 Å². The molecule has 0 aliphatic heterocycles. The molecule has 6 atom stereocenters. The molecule has 8 heteroatoms. The van der Waals surface area contributed by atoms with E-state index < -0.39 is 31.5 Å². The third-order valence-corrected chi connectivity index (χ3v) is 8.62. The lowest BCUT2D eigenvalue weighted by atomic mass is 9.52. The number of rotatable bonds is 11. The number of carbonyl (C=O) groups excluding carboxylic acids is 1.